The molecule has 3 nitrogen and oxygen atoms in total. The summed E-state index contributed by atoms with van der Waals surface area (Å²) in [5.74, 6) is 0. The Hall–Kier alpha value is -0.120. The van der Waals surface area contributed by atoms with Gasteiger partial charge in [-0.15, -0.1) is 0 Å². The lowest BCUT2D eigenvalue weighted by atomic mass is 9.77. The highest BCUT2D eigenvalue weighted by Gasteiger charge is 2.41. The van der Waals surface area contributed by atoms with Crippen LogP contribution in [0.1, 0.15) is 33.1 Å². The van der Waals surface area contributed by atoms with Crippen LogP contribution in [0.2, 0.25) is 0 Å². The van der Waals surface area contributed by atoms with E-state index in [0.29, 0.717) is 13.2 Å². The zero-order valence-corrected chi connectivity index (χ0v) is 8.01. The predicted molar refractivity (Wildman–Crippen MR) is 47.8 cm³/mol. The zero-order valence-electron chi connectivity index (χ0n) is 8.01. The van der Waals surface area contributed by atoms with Crippen LogP contribution in [-0.4, -0.2) is 25.0 Å². The maximum Gasteiger partial charge on any atom is 0.175 e. The summed E-state index contributed by atoms with van der Waals surface area (Å²) in [6.07, 6.45) is 3.06. The normalized spacial score (nSPS) is 21.0. The van der Waals surface area contributed by atoms with Crippen molar-refractivity contribution in [2.24, 2.45) is 5.73 Å². The lowest BCUT2D eigenvalue weighted by Gasteiger charge is -2.43. The molecule has 0 aromatic carbocycles. The fraction of sp³-hybridized carbons (Fsp3) is 1.00. The molecule has 2 N–H and O–H groups in total. The first-order valence-corrected chi connectivity index (χ1v) is 4.75. The van der Waals surface area contributed by atoms with Crippen molar-refractivity contribution in [2.75, 3.05) is 13.2 Å². The van der Waals surface area contributed by atoms with Gasteiger partial charge < -0.3 is 15.2 Å². The van der Waals surface area contributed by atoms with Crippen LogP contribution >= 0.6 is 0 Å². The molecule has 0 unspecified atom stereocenters. The van der Waals surface area contributed by atoms with Crippen LogP contribution in [0, 0.1) is 0 Å². The van der Waals surface area contributed by atoms with Crippen molar-refractivity contribution in [3.63, 3.8) is 0 Å². The van der Waals surface area contributed by atoms with Crippen LogP contribution in [0.4, 0.5) is 0 Å². The Morgan fingerprint density at radius 1 is 1.25 bits per heavy atom. The Labute approximate surface area is 74.2 Å². The molecule has 0 heterocycles. The molecule has 12 heavy (non-hydrogen) atoms. The van der Waals surface area contributed by atoms with Crippen molar-refractivity contribution in [1.29, 1.82) is 0 Å². The first-order valence-electron chi connectivity index (χ1n) is 4.75. The lowest BCUT2D eigenvalue weighted by Crippen LogP contribution is -2.58. The molecule has 72 valence electrons. The van der Waals surface area contributed by atoms with Gasteiger partial charge in [-0.25, -0.2) is 0 Å². The van der Waals surface area contributed by atoms with Crippen LogP contribution in [0.15, 0.2) is 0 Å². The first kappa shape index (κ1) is 9.96. The second kappa shape index (κ2) is 4.21. The molecular formula is C9H19NO2. The number of hydrogen-bond donors (Lipinski definition) is 1. The molecule has 0 atom stereocenters. The van der Waals surface area contributed by atoms with Gasteiger partial charge in [0.15, 0.2) is 6.29 Å². The summed E-state index contributed by atoms with van der Waals surface area (Å²) < 4.78 is 10.9. The van der Waals surface area contributed by atoms with E-state index < -0.39 is 0 Å². The highest BCUT2D eigenvalue weighted by Crippen LogP contribution is 2.34. The molecular weight excluding hydrogens is 154 g/mol. The van der Waals surface area contributed by atoms with E-state index in [4.69, 9.17) is 15.2 Å². The molecule has 0 saturated heterocycles. The molecule has 1 aliphatic rings. The van der Waals surface area contributed by atoms with Crippen molar-refractivity contribution in [3.05, 3.63) is 0 Å². The van der Waals surface area contributed by atoms with Gasteiger partial charge in [-0.3, -0.25) is 0 Å². The Kier molecular flexibility index (Phi) is 3.50. The van der Waals surface area contributed by atoms with Crippen molar-refractivity contribution < 1.29 is 9.47 Å². The lowest BCUT2D eigenvalue weighted by molar-refractivity contribution is -0.191. The fourth-order valence-electron chi connectivity index (χ4n) is 1.50. The molecule has 1 aliphatic carbocycles. The third-order valence-electron chi connectivity index (χ3n) is 2.39. The molecule has 0 amide bonds. The summed E-state index contributed by atoms with van der Waals surface area (Å²) in [4.78, 5) is 0. The standard InChI is InChI=1S/C9H19NO2/c1-3-11-8(12-4-2)9(10)6-5-7-9/h8H,3-7,10H2,1-2H3. The summed E-state index contributed by atoms with van der Waals surface area (Å²) in [5, 5.41) is 0. The van der Waals surface area contributed by atoms with Crippen LogP contribution in [0.5, 0.6) is 0 Å². The molecule has 3 heteroatoms. The Bertz CT molecular complexity index is 128. The molecule has 0 spiro atoms. The third-order valence-corrected chi connectivity index (χ3v) is 2.39. The van der Waals surface area contributed by atoms with Crippen molar-refractivity contribution in [1.82, 2.24) is 0 Å². The van der Waals surface area contributed by atoms with E-state index in [9.17, 15) is 0 Å². The van der Waals surface area contributed by atoms with E-state index in [1.165, 1.54) is 6.42 Å². The van der Waals surface area contributed by atoms with E-state index in [1.807, 2.05) is 13.8 Å². The van der Waals surface area contributed by atoms with Gasteiger partial charge in [-0.05, 0) is 33.1 Å². The number of nitrogens with two attached hydrogens (primary N) is 1. The zero-order chi connectivity index (χ0) is 9.03. The average molecular weight is 173 g/mol. The maximum atomic E-state index is 6.07. The monoisotopic (exact) mass is 173 g/mol. The summed E-state index contributed by atoms with van der Waals surface area (Å²) >= 11 is 0. The molecule has 0 aromatic heterocycles. The van der Waals surface area contributed by atoms with Gasteiger partial charge in [-0.2, -0.15) is 0 Å². The van der Waals surface area contributed by atoms with Crippen molar-refractivity contribution in [3.8, 4) is 0 Å². The summed E-state index contributed by atoms with van der Waals surface area (Å²) in [6.45, 7) is 5.27. The van der Waals surface area contributed by atoms with E-state index in [0.717, 1.165) is 12.8 Å². The van der Waals surface area contributed by atoms with E-state index in [-0.39, 0.29) is 11.8 Å². The van der Waals surface area contributed by atoms with Crippen LogP contribution in [-0.2, 0) is 9.47 Å². The van der Waals surface area contributed by atoms with Crippen molar-refractivity contribution in [2.45, 2.75) is 44.9 Å². The Balaban J connectivity index is 2.40. The SMILES string of the molecule is CCOC(OCC)C1(N)CCC1. The van der Waals surface area contributed by atoms with Gasteiger partial charge >= 0.3 is 0 Å². The van der Waals surface area contributed by atoms with Gasteiger partial charge in [0, 0.05) is 13.2 Å². The van der Waals surface area contributed by atoms with E-state index in [2.05, 4.69) is 0 Å². The predicted octanol–water partition coefficient (Wildman–Crippen LogP) is 1.27. The number of hydrogen-bond acceptors (Lipinski definition) is 3. The first-order chi connectivity index (χ1) is 5.73. The number of ether oxygens (including phenoxy) is 2. The van der Waals surface area contributed by atoms with Crippen LogP contribution in [0.3, 0.4) is 0 Å². The molecule has 0 aromatic rings. The highest BCUT2D eigenvalue weighted by molar-refractivity contribution is 4.95. The smallest absolute Gasteiger partial charge is 0.175 e. The van der Waals surface area contributed by atoms with Gasteiger partial charge in [0.25, 0.3) is 0 Å². The minimum Gasteiger partial charge on any atom is -0.351 e. The largest absolute Gasteiger partial charge is 0.351 e. The molecule has 1 saturated carbocycles. The Morgan fingerprint density at radius 3 is 2.00 bits per heavy atom. The number of rotatable bonds is 5. The van der Waals surface area contributed by atoms with Gasteiger partial charge in [0.1, 0.15) is 0 Å². The summed E-state index contributed by atoms with van der Waals surface area (Å²) in [7, 11) is 0. The second-order valence-corrected chi connectivity index (χ2v) is 3.33. The van der Waals surface area contributed by atoms with Gasteiger partial charge in [0.2, 0.25) is 0 Å². The fourth-order valence-corrected chi connectivity index (χ4v) is 1.50. The maximum absolute atomic E-state index is 6.07. The molecule has 1 rings (SSSR count). The van der Waals surface area contributed by atoms with Gasteiger partial charge in [0.05, 0.1) is 5.54 Å². The van der Waals surface area contributed by atoms with E-state index in [1.54, 1.807) is 0 Å². The minimum atomic E-state index is -0.202. The van der Waals surface area contributed by atoms with Gasteiger partial charge in [-0.1, -0.05) is 0 Å². The topological polar surface area (TPSA) is 44.5 Å². The minimum absolute atomic E-state index is 0.193. The van der Waals surface area contributed by atoms with Crippen LogP contribution in [0.25, 0.3) is 0 Å². The molecule has 0 aliphatic heterocycles. The molecule has 1 fully saturated rings. The average Bonchev–Trinajstić information content (AvgIpc) is 2.00. The third kappa shape index (κ3) is 1.97. The Morgan fingerprint density at radius 2 is 1.75 bits per heavy atom. The second-order valence-electron chi connectivity index (χ2n) is 3.33. The summed E-state index contributed by atoms with van der Waals surface area (Å²) in [6, 6.07) is 0. The highest BCUT2D eigenvalue weighted by atomic mass is 16.7. The molecule has 0 radical (unpaired) electrons. The van der Waals surface area contributed by atoms with E-state index >= 15 is 0 Å². The van der Waals surface area contributed by atoms with Crippen LogP contribution < -0.4 is 5.73 Å². The quantitative estimate of drug-likeness (QED) is 0.637. The van der Waals surface area contributed by atoms with Crippen molar-refractivity contribution >= 4 is 0 Å². The molecule has 0 bridgehead atoms. The summed E-state index contributed by atoms with van der Waals surface area (Å²) in [5.41, 5.74) is 5.87.